The molecule has 1 saturated heterocycles. The highest BCUT2D eigenvalue weighted by atomic mass is 16.5. The van der Waals surface area contributed by atoms with Crippen LogP contribution in [-0.4, -0.2) is 59.9 Å². The highest BCUT2D eigenvalue weighted by molar-refractivity contribution is 5.94. The van der Waals surface area contributed by atoms with Crippen LogP contribution >= 0.6 is 0 Å². The summed E-state index contributed by atoms with van der Waals surface area (Å²) in [6.07, 6.45) is 12.6. The number of fused-ring (bicyclic) bond motifs is 2. The first-order chi connectivity index (χ1) is 17.0. The molecule has 0 N–H and O–H groups in total. The van der Waals surface area contributed by atoms with Gasteiger partial charge in [-0.1, -0.05) is 24.3 Å². The number of methoxy groups -OCH3 is 1. The number of carbonyl (C=O) groups excluding carboxylic acids is 2. The molecule has 6 nitrogen and oxygen atoms in total. The van der Waals surface area contributed by atoms with Crippen molar-refractivity contribution in [3.63, 3.8) is 0 Å². The van der Waals surface area contributed by atoms with Gasteiger partial charge in [0.1, 0.15) is 5.75 Å². The standard InChI is InChI=1S/C29H35N3O3/c1-31(28(33)24-6-4-12-30-19-24)27(18-20-5-3-7-25(16-20)35-2)22-10-13-32(14-11-22)29(34)26-17-21-8-9-23(26)15-21/h3-9,12,16,19,21-23,26-27H,10-11,13-15,17-18H2,1-2H3/t21-,23+,26-,27-/m1/s1. The Morgan fingerprint density at radius 2 is 1.97 bits per heavy atom. The van der Waals surface area contributed by atoms with Gasteiger partial charge in [-0.3, -0.25) is 14.6 Å². The zero-order valence-corrected chi connectivity index (χ0v) is 20.7. The molecule has 6 heteroatoms. The normalized spacial score (nSPS) is 24.4. The number of amides is 2. The Balaban J connectivity index is 1.30. The number of nitrogens with zero attached hydrogens (tertiary/aromatic N) is 3. The van der Waals surface area contributed by atoms with Crippen LogP contribution in [0.4, 0.5) is 0 Å². The second kappa shape index (κ2) is 10.2. The number of allylic oxidation sites excluding steroid dienone is 2. The Hall–Kier alpha value is -3.15. The number of rotatable bonds is 7. The van der Waals surface area contributed by atoms with Crippen LogP contribution in [0.3, 0.4) is 0 Å². The molecular formula is C29H35N3O3. The molecule has 2 amide bonds. The van der Waals surface area contributed by atoms with Crippen LogP contribution < -0.4 is 4.74 Å². The van der Waals surface area contributed by atoms with Crippen molar-refractivity contribution >= 4 is 11.8 Å². The number of ether oxygens (including phenoxy) is 1. The van der Waals surface area contributed by atoms with Crippen molar-refractivity contribution in [1.29, 1.82) is 0 Å². The van der Waals surface area contributed by atoms with E-state index in [1.807, 2.05) is 30.1 Å². The Bertz CT molecular complexity index is 1080. The zero-order valence-electron chi connectivity index (χ0n) is 20.7. The van der Waals surface area contributed by atoms with Crippen molar-refractivity contribution in [3.8, 4) is 5.75 Å². The molecule has 184 valence electrons. The molecule has 4 atom stereocenters. The van der Waals surface area contributed by atoms with Gasteiger partial charge in [0.2, 0.25) is 5.91 Å². The number of hydrogen-bond donors (Lipinski definition) is 0. The number of aromatic nitrogens is 1. The summed E-state index contributed by atoms with van der Waals surface area (Å²) >= 11 is 0. The van der Waals surface area contributed by atoms with Gasteiger partial charge >= 0.3 is 0 Å². The highest BCUT2D eigenvalue weighted by Gasteiger charge is 2.42. The van der Waals surface area contributed by atoms with Crippen LogP contribution in [0, 0.1) is 23.7 Å². The summed E-state index contributed by atoms with van der Waals surface area (Å²) in [6.45, 7) is 1.54. The summed E-state index contributed by atoms with van der Waals surface area (Å²) in [5.74, 6) is 2.67. The van der Waals surface area contributed by atoms with Crippen LogP contribution in [0.5, 0.6) is 5.75 Å². The minimum Gasteiger partial charge on any atom is -0.497 e. The molecule has 2 aliphatic carbocycles. The summed E-state index contributed by atoms with van der Waals surface area (Å²) in [6, 6.07) is 11.7. The maximum Gasteiger partial charge on any atom is 0.255 e. The number of benzene rings is 1. The lowest BCUT2D eigenvalue weighted by atomic mass is 9.83. The topological polar surface area (TPSA) is 62.7 Å². The molecule has 0 radical (unpaired) electrons. The molecule has 0 spiro atoms. The smallest absolute Gasteiger partial charge is 0.255 e. The second-order valence-electron chi connectivity index (χ2n) is 10.3. The van der Waals surface area contributed by atoms with E-state index in [1.54, 1.807) is 25.6 Å². The van der Waals surface area contributed by atoms with E-state index in [2.05, 4.69) is 34.2 Å². The van der Waals surface area contributed by atoms with Crippen LogP contribution in [0.2, 0.25) is 0 Å². The molecule has 2 fully saturated rings. The summed E-state index contributed by atoms with van der Waals surface area (Å²) in [7, 11) is 3.58. The molecule has 3 aliphatic rings. The molecule has 0 unspecified atom stereocenters. The van der Waals surface area contributed by atoms with Gasteiger partial charge in [0.15, 0.2) is 0 Å². The number of likely N-dealkylation sites (N-methyl/N-ethyl adjacent to an activating group) is 1. The number of piperidine rings is 1. The average Bonchev–Trinajstić information content (AvgIpc) is 3.55. The molecule has 1 aliphatic heterocycles. The van der Waals surface area contributed by atoms with Gasteiger partial charge in [0.05, 0.1) is 12.7 Å². The molecule has 5 rings (SSSR count). The van der Waals surface area contributed by atoms with Crippen molar-refractivity contribution < 1.29 is 14.3 Å². The maximum atomic E-state index is 13.4. The van der Waals surface area contributed by atoms with E-state index in [1.165, 1.54) is 0 Å². The van der Waals surface area contributed by atoms with E-state index in [0.717, 1.165) is 56.5 Å². The van der Waals surface area contributed by atoms with Crippen molar-refractivity contribution in [2.45, 2.75) is 38.1 Å². The minimum atomic E-state index is -0.0155. The van der Waals surface area contributed by atoms with Gasteiger partial charge in [-0.2, -0.15) is 0 Å². The van der Waals surface area contributed by atoms with Crippen LogP contribution in [0.25, 0.3) is 0 Å². The number of pyridine rings is 1. The summed E-state index contributed by atoms with van der Waals surface area (Å²) in [4.78, 5) is 34.7. The maximum absolute atomic E-state index is 13.4. The van der Waals surface area contributed by atoms with E-state index in [4.69, 9.17) is 4.74 Å². The summed E-state index contributed by atoms with van der Waals surface area (Å²) < 4.78 is 5.43. The average molecular weight is 474 g/mol. The highest BCUT2D eigenvalue weighted by Crippen LogP contribution is 2.44. The predicted octanol–water partition coefficient (Wildman–Crippen LogP) is 4.22. The monoisotopic (exact) mass is 473 g/mol. The fraction of sp³-hybridized carbons (Fsp3) is 0.483. The largest absolute Gasteiger partial charge is 0.497 e. The molecule has 2 bridgehead atoms. The fourth-order valence-corrected chi connectivity index (χ4v) is 6.31. The zero-order chi connectivity index (χ0) is 24.4. The Morgan fingerprint density at radius 1 is 1.14 bits per heavy atom. The van der Waals surface area contributed by atoms with Crippen LogP contribution in [0.15, 0.2) is 60.9 Å². The van der Waals surface area contributed by atoms with Gasteiger partial charge in [-0.05, 0) is 79.7 Å². The molecule has 1 aromatic carbocycles. The first-order valence-electron chi connectivity index (χ1n) is 12.8. The fourth-order valence-electron chi connectivity index (χ4n) is 6.31. The summed E-state index contributed by atoms with van der Waals surface area (Å²) in [5.41, 5.74) is 1.75. The van der Waals surface area contributed by atoms with Gasteiger partial charge in [0, 0.05) is 44.5 Å². The van der Waals surface area contributed by atoms with E-state index >= 15 is 0 Å². The Kier molecular flexibility index (Phi) is 6.89. The van der Waals surface area contributed by atoms with Crippen LogP contribution in [-0.2, 0) is 11.2 Å². The summed E-state index contributed by atoms with van der Waals surface area (Å²) in [5, 5.41) is 0. The van der Waals surface area contributed by atoms with Gasteiger partial charge in [0.25, 0.3) is 5.91 Å². The lowest BCUT2D eigenvalue weighted by Gasteiger charge is -2.41. The molecular weight excluding hydrogens is 438 g/mol. The Labute approximate surface area is 208 Å². The van der Waals surface area contributed by atoms with E-state index in [-0.39, 0.29) is 17.9 Å². The lowest BCUT2D eigenvalue weighted by Crippen LogP contribution is -2.49. The third-order valence-electron chi connectivity index (χ3n) is 8.30. The van der Waals surface area contributed by atoms with Gasteiger partial charge in [-0.15, -0.1) is 0 Å². The molecule has 1 aromatic heterocycles. The molecule has 2 heterocycles. The predicted molar refractivity (Wildman–Crippen MR) is 135 cm³/mol. The van der Waals surface area contributed by atoms with E-state index in [0.29, 0.717) is 29.2 Å². The van der Waals surface area contributed by atoms with Crippen LogP contribution in [0.1, 0.15) is 41.6 Å². The van der Waals surface area contributed by atoms with E-state index < -0.39 is 0 Å². The molecule has 2 aromatic rings. The van der Waals surface area contributed by atoms with Crippen molar-refractivity contribution in [3.05, 3.63) is 72.1 Å². The number of hydrogen-bond acceptors (Lipinski definition) is 4. The SMILES string of the molecule is COc1cccc(C[C@H](C2CCN(C(=O)[C@@H]3C[C@@H]4C=C[C@H]3C4)CC2)N(C)C(=O)c2cccnc2)c1. The first kappa shape index (κ1) is 23.6. The second-order valence-corrected chi connectivity index (χ2v) is 10.3. The van der Waals surface area contributed by atoms with Crippen molar-refractivity contribution in [1.82, 2.24) is 14.8 Å². The number of carbonyl (C=O) groups is 2. The van der Waals surface area contributed by atoms with Gasteiger partial charge < -0.3 is 14.5 Å². The van der Waals surface area contributed by atoms with Crippen molar-refractivity contribution in [2.24, 2.45) is 23.7 Å². The van der Waals surface area contributed by atoms with Crippen molar-refractivity contribution in [2.75, 3.05) is 27.2 Å². The lowest BCUT2D eigenvalue weighted by molar-refractivity contribution is -0.138. The minimum absolute atomic E-state index is 0.0155. The van der Waals surface area contributed by atoms with Gasteiger partial charge in [-0.25, -0.2) is 0 Å². The third kappa shape index (κ3) is 4.97. The third-order valence-corrected chi connectivity index (χ3v) is 8.30. The molecule has 35 heavy (non-hydrogen) atoms. The van der Waals surface area contributed by atoms with E-state index in [9.17, 15) is 9.59 Å². The first-order valence-corrected chi connectivity index (χ1v) is 12.8. The number of likely N-dealkylation sites (tertiary alicyclic amines) is 1. The molecule has 1 saturated carbocycles. The Morgan fingerprint density at radius 3 is 2.63 bits per heavy atom. The quantitative estimate of drug-likeness (QED) is 0.565.